The lowest BCUT2D eigenvalue weighted by Gasteiger charge is -2.31. The van der Waals surface area contributed by atoms with Gasteiger partial charge in [0.15, 0.2) is 0 Å². The minimum atomic E-state index is -4.76. The number of alkyl halides is 3. The number of amides is 2. The molecule has 1 saturated heterocycles. The Balaban J connectivity index is 1.37. The van der Waals surface area contributed by atoms with E-state index in [0.717, 1.165) is 30.7 Å². The molecule has 10 heteroatoms. The molecule has 0 radical (unpaired) electrons. The molecule has 1 fully saturated rings. The minimum absolute atomic E-state index is 0.172. The highest BCUT2D eigenvalue weighted by Crippen LogP contribution is 2.33. The summed E-state index contributed by atoms with van der Waals surface area (Å²) in [7, 11) is 0. The number of hydrogen-bond acceptors (Lipinski definition) is 5. The van der Waals surface area contributed by atoms with Gasteiger partial charge in [-0.3, -0.25) is 9.59 Å². The molecule has 0 bridgehead atoms. The average molecular weight is 544 g/mol. The molecule has 4 rings (SSSR count). The van der Waals surface area contributed by atoms with E-state index in [4.69, 9.17) is 0 Å². The van der Waals surface area contributed by atoms with Crippen molar-refractivity contribution in [3.8, 4) is 16.9 Å². The number of rotatable bonds is 9. The zero-order valence-electron chi connectivity index (χ0n) is 20.7. The van der Waals surface area contributed by atoms with Crippen LogP contribution in [0.25, 0.3) is 11.1 Å². The summed E-state index contributed by atoms with van der Waals surface area (Å²) in [5, 5.41) is 5.48. The van der Waals surface area contributed by atoms with Gasteiger partial charge in [-0.05, 0) is 49.4 Å². The highest BCUT2D eigenvalue weighted by Gasteiger charge is 2.31. The Morgan fingerprint density at radius 1 is 1.13 bits per heavy atom. The Morgan fingerprint density at radius 2 is 1.84 bits per heavy atom. The van der Waals surface area contributed by atoms with E-state index in [0.29, 0.717) is 42.0 Å². The highest BCUT2D eigenvalue weighted by atomic mass is 32.1. The second-order valence-corrected chi connectivity index (χ2v) is 9.87. The van der Waals surface area contributed by atoms with E-state index in [1.54, 1.807) is 29.6 Å². The van der Waals surface area contributed by atoms with Crippen molar-refractivity contribution in [2.75, 3.05) is 18.4 Å². The summed E-state index contributed by atoms with van der Waals surface area (Å²) in [6, 6.07) is 12.5. The number of allylic oxidation sites excluding steroid dienone is 1. The van der Waals surface area contributed by atoms with Gasteiger partial charge in [0.2, 0.25) is 5.91 Å². The van der Waals surface area contributed by atoms with Crippen LogP contribution < -0.4 is 10.1 Å². The quantitative estimate of drug-likeness (QED) is 0.233. The third-order valence-corrected chi connectivity index (χ3v) is 7.33. The number of benzene rings is 2. The summed E-state index contributed by atoms with van der Waals surface area (Å²) >= 11 is 1.44. The fourth-order valence-corrected chi connectivity index (χ4v) is 5.35. The molecule has 0 aliphatic carbocycles. The predicted molar refractivity (Wildman–Crippen MR) is 141 cm³/mol. The number of nitrogens with zero attached hydrogens (tertiary/aromatic N) is 2. The van der Waals surface area contributed by atoms with Gasteiger partial charge in [0.05, 0.1) is 5.01 Å². The second kappa shape index (κ2) is 12.3. The Labute approximate surface area is 223 Å². The molecule has 200 valence electrons. The molecule has 1 N–H and O–H groups in total. The van der Waals surface area contributed by atoms with Crippen molar-refractivity contribution >= 4 is 28.8 Å². The number of thiazole rings is 1. The van der Waals surface area contributed by atoms with Crippen LogP contribution in [-0.4, -0.2) is 41.2 Å². The molecule has 2 amide bonds. The monoisotopic (exact) mass is 543 g/mol. The standard InChI is InChI=1S/C28H28F3N3O3S/c1-2-3-4-9-25(35)34-16-14-20(15-17-34)27-33-24(18-38-27)26(36)32-23-8-6-5-7-22(23)19-10-12-21(13-11-19)37-28(29,30)31/h2,5-8,10-13,18,20H,1,3-4,9,14-17H2,(H,32,36). The van der Waals surface area contributed by atoms with Gasteiger partial charge < -0.3 is 15.0 Å². The summed E-state index contributed by atoms with van der Waals surface area (Å²) in [5.41, 5.74) is 2.09. The number of ether oxygens (including phenoxy) is 1. The number of piperidine rings is 1. The van der Waals surface area contributed by atoms with Gasteiger partial charge in [0, 0.05) is 42.1 Å². The molecule has 6 nitrogen and oxygen atoms in total. The average Bonchev–Trinajstić information content (AvgIpc) is 3.40. The maximum Gasteiger partial charge on any atom is 0.573 e. The molecule has 1 aliphatic heterocycles. The fourth-order valence-electron chi connectivity index (χ4n) is 4.38. The lowest BCUT2D eigenvalue weighted by Crippen LogP contribution is -2.37. The zero-order valence-corrected chi connectivity index (χ0v) is 21.5. The topological polar surface area (TPSA) is 71.5 Å². The first-order chi connectivity index (χ1) is 18.2. The van der Waals surface area contributed by atoms with Crippen molar-refractivity contribution in [1.29, 1.82) is 0 Å². The van der Waals surface area contributed by atoms with E-state index >= 15 is 0 Å². The van der Waals surface area contributed by atoms with Crippen LogP contribution in [0, 0.1) is 0 Å². The van der Waals surface area contributed by atoms with Crippen LogP contribution in [0.15, 0.2) is 66.6 Å². The van der Waals surface area contributed by atoms with E-state index in [9.17, 15) is 22.8 Å². The number of halogens is 3. The zero-order chi connectivity index (χ0) is 27.1. The minimum Gasteiger partial charge on any atom is -0.406 e. The number of unbranched alkanes of at least 4 members (excludes halogenated alkanes) is 1. The van der Waals surface area contributed by atoms with Gasteiger partial charge in [-0.25, -0.2) is 4.98 Å². The van der Waals surface area contributed by atoms with Gasteiger partial charge >= 0.3 is 6.36 Å². The van der Waals surface area contributed by atoms with E-state index in [1.807, 2.05) is 11.0 Å². The molecular weight excluding hydrogens is 515 g/mol. The van der Waals surface area contributed by atoms with Crippen LogP contribution in [0.1, 0.15) is 53.5 Å². The summed E-state index contributed by atoms with van der Waals surface area (Å²) in [6.45, 7) is 5.05. The first-order valence-electron chi connectivity index (χ1n) is 12.3. The van der Waals surface area contributed by atoms with Crippen molar-refractivity contribution in [3.05, 3.63) is 77.3 Å². The van der Waals surface area contributed by atoms with Crippen molar-refractivity contribution < 1.29 is 27.5 Å². The number of anilines is 1. The summed E-state index contributed by atoms with van der Waals surface area (Å²) in [6.07, 6.45) is 0.846. The van der Waals surface area contributed by atoms with E-state index in [-0.39, 0.29) is 23.5 Å². The number of nitrogens with one attached hydrogen (secondary N) is 1. The molecule has 0 spiro atoms. The number of carbonyl (C=O) groups excluding carboxylic acids is 2. The number of hydrogen-bond donors (Lipinski definition) is 1. The van der Waals surface area contributed by atoms with Crippen LogP contribution >= 0.6 is 11.3 Å². The number of aromatic nitrogens is 1. The smallest absolute Gasteiger partial charge is 0.406 e. The van der Waals surface area contributed by atoms with E-state index in [1.165, 1.54) is 35.6 Å². The summed E-state index contributed by atoms with van der Waals surface area (Å²) < 4.78 is 41.3. The highest BCUT2D eigenvalue weighted by molar-refractivity contribution is 7.10. The third-order valence-electron chi connectivity index (χ3n) is 6.32. The number of likely N-dealkylation sites (tertiary alicyclic amines) is 1. The Morgan fingerprint density at radius 3 is 2.53 bits per heavy atom. The molecule has 0 saturated carbocycles. The second-order valence-electron chi connectivity index (χ2n) is 8.98. The molecular formula is C28H28F3N3O3S. The Bertz CT molecular complexity index is 1270. The van der Waals surface area contributed by atoms with Gasteiger partial charge in [0.1, 0.15) is 11.4 Å². The van der Waals surface area contributed by atoms with Gasteiger partial charge in [-0.2, -0.15) is 0 Å². The Kier molecular flexibility index (Phi) is 8.83. The van der Waals surface area contributed by atoms with Gasteiger partial charge in [-0.15, -0.1) is 31.1 Å². The molecule has 38 heavy (non-hydrogen) atoms. The molecule has 2 aromatic carbocycles. The fraction of sp³-hybridized carbons (Fsp3) is 0.321. The lowest BCUT2D eigenvalue weighted by atomic mass is 9.97. The molecule has 1 aromatic heterocycles. The first-order valence-corrected chi connectivity index (χ1v) is 13.2. The normalized spacial score (nSPS) is 14.2. The maximum absolute atomic E-state index is 13.0. The van der Waals surface area contributed by atoms with Gasteiger partial charge in [0.25, 0.3) is 5.91 Å². The van der Waals surface area contributed by atoms with Crippen LogP contribution in [0.5, 0.6) is 5.75 Å². The maximum atomic E-state index is 13.0. The van der Waals surface area contributed by atoms with Crippen molar-refractivity contribution in [1.82, 2.24) is 9.88 Å². The van der Waals surface area contributed by atoms with Gasteiger partial charge in [-0.1, -0.05) is 36.4 Å². The van der Waals surface area contributed by atoms with Crippen LogP contribution in [0.4, 0.5) is 18.9 Å². The molecule has 3 aromatic rings. The summed E-state index contributed by atoms with van der Waals surface area (Å²) in [5.74, 6) is -0.318. The predicted octanol–water partition coefficient (Wildman–Crippen LogP) is 7.02. The largest absolute Gasteiger partial charge is 0.573 e. The molecule has 0 unspecified atom stereocenters. The van der Waals surface area contributed by atoms with Crippen LogP contribution in [0.3, 0.4) is 0 Å². The molecule has 2 heterocycles. The van der Waals surface area contributed by atoms with Crippen molar-refractivity contribution in [3.63, 3.8) is 0 Å². The van der Waals surface area contributed by atoms with E-state index < -0.39 is 6.36 Å². The van der Waals surface area contributed by atoms with E-state index in [2.05, 4.69) is 21.6 Å². The number of carbonyl (C=O) groups is 2. The Hall–Kier alpha value is -3.66. The van der Waals surface area contributed by atoms with Crippen LogP contribution in [0.2, 0.25) is 0 Å². The van der Waals surface area contributed by atoms with Crippen molar-refractivity contribution in [2.24, 2.45) is 0 Å². The first kappa shape index (κ1) is 27.4. The molecule has 0 atom stereocenters. The SMILES string of the molecule is C=CCCCC(=O)N1CCC(c2nc(C(=O)Nc3ccccc3-c3ccc(OC(F)(F)F)cc3)cs2)CC1. The van der Waals surface area contributed by atoms with Crippen molar-refractivity contribution in [2.45, 2.75) is 44.4 Å². The number of para-hydroxylation sites is 1. The lowest BCUT2D eigenvalue weighted by molar-refractivity contribution is -0.274. The third kappa shape index (κ3) is 7.22. The summed E-state index contributed by atoms with van der Waals surface area (Å²) in [4.78, 5) is 31.8. The molecule has 1 aliphatic rings. The van der Waals surface area contributed by atoms with Crippen LogP contribution in [-0.2, 0) is 4.79 Å².